The first kappa shape index (κ1) is 26.2. The van der Waals surface area contributed by atoms with Gasteiger partial charge in [0, 0.05) is 27.6 Å². The van der Waals surface area contributed by atoms with Crippen LogP contribution in [0.2, 0.25) is 0 Å². The highest BCUT2D eigenvalue weighted by molar-refractivity contribution is 6.09. The van der Waals surface area contributed by atoms with Gasteiger partial charge in [-0.15, -0.1) is 0 Å². The van der Waals surface area contributed by atoms with E-state index >= 15 is 0 Å². The third kappa shape index (κ3) is 4.11. The van der Waals surface area contributed by atoms with Crippen LogP contribution in [-0.4, -0.2) is 4.57 Å². The molecular weight excluding hydrogens is 548 g/mol. The van der Waals surface area contributed by atoms with Crippen molar-refractivity contribution in [3.8, 4) is 17.2 Å². The predicted molar refractivity (Wildman–Crippen MR) is 186 cm³/mol. The van der Waals surface area contributed by atoms with Gasteiger partial charge in [0.25, 0.3) is 0 Å². The summed E-state index contributed by atoms with van der Waals surface area (Å²) in [6.07, 6.45) is 6.15. The normalized spacial score (nSPS) is 15.4. The third-order valence-electron chi connectivity index (χ3n) is 10.1. The molecule has 6 aromatic carbocycles. The molecule has 0 spiro atoms. The lowest BCUT2D eigenvalue weighted by molar-refractivity contribution is 0.346. The van der Waals surface area contributed by atoms with E-state index in [1.54, 1.807) is 0 Å². The first-order chi connectivity index (χ1) is 22.3. The highest BCUT2D eigenvalue weighted by Crippen LogP contribution is 2.51. The number of anilines is 3. The van der Waals surface area contributed by atoms with Gasteiger partial charge in [0.15, 0.2) is 11.5 Å². The molecule has 1 saturated carbocycles. The molecule has 7 aromatic rings. The second-order valence-corrected chi connectivity index (χ2v) is 12.5. The van der Waals surface area contributed by atoms with Crippen LogP contribution in [0.25, 0.3) is 27.5 Å². The van der Waals surface area contributed by atoms with Gasteiger partial charge in [-0.1, -0.05) is 104 Å². The molecule has 0 N–H and O–H groups in total. The Morgan fingerprint density at radius 2 is 0.911 bits per heavy atom. The minimum atomic E-state index is 0.0109. The van der Waals surface area contributed by atoms with Crippen molar-refractivity contribution >= 4 is 38.9 Å². The van der Waals surface area contributed by atoms with Crippen molar-refractivity contribution in [3.63, 3.8) is 0 Å². The van der Waals surface area contributed by atoms with E-state index in [4.69, 9.17) is 4.74 Å². The largest absolute Gasteiger partial charge is 0.453 e. The van der Waals surface area contributed by atoms with Crippen molar-refractivity contribution < 1.29 is 4.74 Å². The first-order valence-corrected chi connectivity index (χ1v) is 16.2. The second kappa shape index (κ2) is 10.4. The van der Waals surface area contributed by atoms with Gasteiger partial charge in [-0.25, -0.2) is 0 Å². The Morgan fingerprint density at radius 1 is 0.444 bits per heavy atom. The fraction of sp³-hybridized carbons (Fsp3) is 0.143. The Balaban J connectivity index is 1.11. The van der Waals surface area contributed by atoms with Gasteiger partial charge >= 0.3 is 0 Å². The molecule has 2 heterocycles. The maximum absolute atomic E-state index is 6.26. The van der Waals surface area contributed by atoms with Crippen LogP contribution < -0.4 is 9.64 Å². The van der Waals surface area contributed by atoms with Crippen LogP contribution in [0.5, 0.6) is 11.5 Å². The molecule has 2 aliphatic rings. The Morgan fingerprint density at radius 3 is 1.47 bits per heavy atom. The number of ether oxygens (including phenoxy) is 1. The van der Waals surface area contributed by atoms with Crippen LogP contribution in [0.3, 0.4) is 0 Å². The van der Waals surface area contributed by atoms with Crippen molar-refractivity contribution in [1.82, 2.24) is 4.57 Å². The van der Waals surface area contributed by atoms with Crippen LogP contribution >= 0.6 is 0 Å². The van der Waals surface area contributed by atoms with Gasteiger partial charge < -0.3 is 14.2 Å². The molecule has 0 amide bonds. The van der Waals surface area contributed by atoms with Crippen LogP contribution in [0.1, 0.15) is 43.2 Å². The lowest BCUT2D eigenvalue weighted by Gasteiger charge is -2.39. The molecule has 1 fully saturated rings. The fourth-order valence-corrected chi connectivity index (χ4v) is 7.94. The number of nitrogens with zero attached hydrogens (tertiary/aromatic N) is 2. The summed E-state index contributed by atoms with van der Waals surface area (Å²) in [5.74, 6) is 1.76. The summed E-state index contributed by atoms with van der Waals surface area (Å²) in [5.41, 5.74) is 9.83. The van der Waals surface area contributed by atoms with Crippen LogP contribution in [0, 0.1) is 0 Å². The molecular formula is C42H34N2O. The van der Waals surface area contributed by atoms with Crippen molar-refractivity contribution in [3.05, 3.63) is 157 Å². The second-order valence-electron chi connectivity index (χ2n) is 12.5. The SMILES string of the molecule is c1ccc2c(c1)Oc1ccccc1N2c1ccc(C2(c3ccc(-n4c5ccccc5c5ccccc54)cc3)CCCCC2)cc1. The van der Waals surface area contributed by atoms with E-state index in [1.807, 2.05) is 24.3 Å². The Labute approximate surface area is 263 Å². The minimum Gasteiger partial charge on any atom is -0.453 e. The molecule has 0 bridgehead atoms. The molecule has 0 unspecified atom stereocenters. The molecule has 3 nitrogen and oxygen atoms in total. The van der Waals surface area contributed by atoms with E-state index in [-0.39, 0.29) is 5.41 Å². The zero-order valence-corrected chi connectivity index (χ0v) is 25.2. The lowest BCUT2D eigenvalue weighted by Crippen LogP contribution is -2.30. The average molecular weight is 583 g/mol. The summed E-state index contributed by atoms with van der Waals surface area (Å²) >= 11 is 0. The molecule has 1 aliphatic carbocycles. The highest BCUT2D eigenvalue weighted by Gasteiger charge is 2.36. The highest BCUT2D eigenvalue weighted by atomic mass is 16.5. The number of para-hydroxylation sites is 6. The summed E-state index contributed by atoms with van der Waals surface area (Å²) in [6, 6.07) is 52.9. The van der Waals surface area contributed by atoms with Crippen LogP contribution in [0.15, 0.2) is 146 Å². The quantitative estimate of drug-likeness (QED) is 0.205. The summed E-state index contributed by atoms with van der Waals surface area (Å²) in [4.78, 5) is 2.33. The minimum absolute atomic E-state index is 0.0109. The molecule has 1 aliphatic heterocycles. The Hall–Kier alpha value is -5.28. The Bertz CT molecular complexity index is 2070. The monoisotopic (exact) mass is 582 g/mol. The third-order valence-corrected chi connectivity index (χ3v) is 10.1. The molecule has 9 rings (SSSR count). The number of fused-ring (bicyclic) bond motifs is 5. The maximum Gasteiger partial charge on any atom is 0.151 e. The Kier molecular flexibility index (Phi) is 6.05. The number of hydrogen-bond donors (Lipinski definition) is 0. The number of hydrogen-bond acceptors (Lipinski definition) is 2. The van der Waals surface area contributed by atoms with Crippen LogP contribution in [0.4, 0.5) is 17.1 Å². The fourth-order valence-electron chi connectivity index (χ4n) is 7.94. The molecule has 3 heteroatoms. The van der Waals surface area contributed by atoms with Crippen molar-refractivity contribution in [1.29, 1.82) is 0 Å². The van der Waals surface area contributed by atoms with Crippen molar-refractivity contribution in [2.45, 2.75) is 37.5 Å². The molecule has 1 aromatic heterocycles. The van der Waals surface area contributed by atoms with E-state index in [0.29, 0.717) is 0 Å². The standard InChI is InChI=1S/C42H34N2O/c1-10-28-42(29-11-1,30-20-24-32(25-21-30)43-36-14-4-2-12-34(36)35-13-3-5-15-37(35)43)31-22-26-33(27-23-31)44-38-16-6-8-18-40(38)45-41-19-9-7-17-39(41)44/h2-9,12-27H,1,10-11,28-29H2. The summed E-state index contributed by atoms with van der Waals surface area (Å²) in [7, 11) is 0. The summed E-state index contributed by atoms with van der Waals surface area (Å²) in [5, 5.41) is 2.60. The van der Waals surface area contributed by atoms with Gasteiger partial charge in [0.2, 0.25) is 0 Å². The van der Waals surface area contributed by atoms with E-state index in [9.17, 15) is 0 Å². The molecule has 45 heavy (non-hydrogen) atoms. The molecule has 0 saturated heterocycles. The lowest BCUT2D eigenvalue weighted by atomic mass is 9.65. The topological polar surface area (TPSA) is 17.4 Å². The van der Waals surface area contributed by atoms with E-state index in [2.05, 4.69) is 131 Å². The average Bonchev–Trinajstić information content (AvgIpc) is 3.45. The van der Waals surface area contributed by atoms with Gasteiger partial charge in [-0.05, 0) is 84.6 Å². The van der Waals surface area contributed by atoms with E-state index < -0.39 is 0 Å². The number of aromatic nitrogens is 1. The maximum atomic E-state index is 6.26. The van der Waals surface area contributed by atoms with Gasteiger partial charge in [-0.2, -0.15) is 0 Å². The van der Waals surface area contributed by atoms with Crippen molar-refractivity contribution in [2.75, 3.05) is 4.90 Å². The zero-order valence-electron chi connectivity index (χ0n) is 25.2. The van der Waals surface area contributed by atoms with Gasteiger partial charge in [0.05, 0.1) is 22.4 Å². The number of rotatable bonds is 4. The van der Waals surface area contributed by atoms with Crippen LogP contribution in [-0.2, 0) is 5.41 Å². The van der Waals surface area contributed by atoms with Gasteiger partial charge in [-0.3, -0.25) is 0 Å². The molecule has 218 valence electrons. The predicted octanol–water partition coefficient (Wildman–Crippen LogP) is 11.6. The smallest absolute Gasteiger partial charge is 0.151 e. The zero-order chi connectivity index (χ0) is 29.8. The van der Waals surface area contributed by atoms with Gasteiger partial charge in [0.1, 0.15) is 0 Å². The summed E-state index contributed by atoms with van der Waals surface area (Å²) < 4.78 is 8.67. The van der Waals surface area contributed by atoms with E-state index in [1.165, 1.54) is 70.7 Å². The number of benzene rings is 6. The summed E-state index contributed by atoms with van der Waals surface area (Å²) in [6.45, 7) is 0. The molecule has 0 radical (unpaired) electrons. The van der Waals surface area contributed by atoms with Crippen molar-refractivity contribution in [2.24, 2.45) is 0 Å². The van der Waals surface area contributed by atoms with E-state index in [0.717, 1.165) is 28.6 Å². The molecule has 0 atom stereocenters. The first-order valence-electron chi connectivity index (χ1n) is 16.2.